The lowest BCUT2D eigenvalue weighted by molar-refractivity contribution is -0.139. The van der Waals surface area contributed by atoms with Gasteiger partial charge in [-0.25, -0.2) is 0 Å². The molecule has 0 saturated heterocycles. The van der Waals surface area contributed by atoms with E-state index in [1.165, 1.54) is 17.3 Å². The van der Waals surface area contributed by atoms with Crippen molar-refractivity contribution in [2.75, 3.05) is 0 Å². The molecule has 0 spiro atoms. The topological polar surface area (TPSA) is 37.3 Å². The van der Waals surface area contributed by atoms with Crippen LogP contribution in [0.15, 0.2) is 29.2 Å². The second-order valence-corrected chi connectivity index (χ2v) is 6.79. The van der Waals surface area contributed by atoms with E-state index in [1.807, 2.05) is 0 Å². The van der Waals surface area contributed by atoms with Crippen LogP contribution in [0, 0.1) is 0 Å². The van der Waals surface area contributed by atoms with Gasteiger partial charge in [-0.2, -0.15) is 0 Å². The first-order chi connectivity index (χ1) is 8.53. The van der Waals surface area contributed by atoms with E-state index in [2.05, 4.69) is 38.1 Å². The Labute approximate surface area is 113 Å². The molecule has 18 heavy (non-hydrogen) atoms. The minimum atomic E-state index is -0.655. The number of carbonyl (C=O) groups is 1. The fourth-order valence-corrected chi connectivity index (χ4v) is 3.76. The molecule has 1 aromatic carbocycles. The number of hydrogen-bond donors (Lipinski definition) is 1. The van der Waals surface area contributed by atoms with E-state index < -0.39 is 10.7 Å². The van der Waals surface area contributed by atoms with Crippen molar-refractivity contribution >= 4 is 17.7 Å². The first kappa shape index (κ1) is 13.5. The second kappa shape index (κ2) is 5.35. The second-order valence-electron chi connectivity index (χ2n) is 5.33. The number of benzene rings is 1. The fraction of sp³-hybridized carbons (Fsp3) is 0.533. The maximum atomic E-state index is 11.5. The molecule has 2 nitrogen and oxygen atoms in total. The molecule has 1 aromatic rings. The van der Waals surface area contributed by atoms with Gasteiger partial charge in [0, 0.05) is 4.90 Å². The monoisotopic (exact) mass is 264 g/mol. The van der Waals surface area contributed by atoms with E-state index >= 15 is 0 Å². The zero-order chi connectivity index (χ0) is 13.2. The summed E-state index contributed by atoms with van der Waals surface area (Å²) in [6.07, 6.45) is 3.64. The van der Waals surface area contributed by atoms with E-state index in [1.54, 1.807) is 0 Å². The average molecular weight is 264 g/mol. The summed E-state index contributed by atoms with van der Waals surface area (Å²) in [4.78, 5) is 12.6. The van der Waals surface area contributed by atoms with E-state index in [9.17, 15) is 9.90 Å². The smallest absolute Gasteiger partial charge is 0.320 e. The zero-order valence-corrected chi connectivity index (χ0v) is 11.8. The summed E-state index contributed by atoms with van der Waals surface area (Å²) in [5, 5.41) is 9.45. The molecule has 2 rings (SSSR count). The molecule has 0 unspecified atom stereocenters. The van der Waals surface area contributed by atoms with Crippen LogP contribution in [0.1, 0.15) is 51.0 Å². The molecule has 0 heterocycles. The van der Waals surface area contributed by atoms with Crippen LogP contribution >= 0.6 is 11.8 Å². The van der Waals surface area contributed by atoms with Gasteiger partial charge in [0.05, 0.1) is 0 Å². The van der Waals surface area contributed by atoms with Gasteiger partial charge in [0.15, 0.2) is 0 Å². The van der Waals surface area contributed by atoms with Gasteiger partial charge in [-0.1, -0.05) is 38.8 Å². The minimum Gasteiger partial charge on any atom is -0.480 e. The quantitative estimate of drug-likeness (QED) is 0.881. The third kappa shape index (κ3) is 2.72. The molecular weight excluding hydrogens is 244 g/mol. The van der Waals surface area contributed by atoms with Crippen LogP contribution in [-0.2, 0) is 4.79 Å². The molecule has 1 saturated carbocycles. The highest BCUT2D eigenvalue weighted by Crippen LogP contribution is 2.45. The van der Waals surface area contributed by atoms with Crippen LogP contribution in [0.25, 0.3) is 0 Å². The lowest BCUT2D eigenvalue weighted by Gasteiger charge is -2.23. The summed E-state index contributed by atoms with van der Waals surface area (Å²) in [6, 6.07) is 8.33. The van der Waals surface area contributed by atoms with Gasteiger partial charge in [0.1, 0.15) is 4.75 Å². The van der Waals surface area contributed by atoms with Gasteiger partial charge < -0.3 is 5.11 Å². The average Bonchev–Trinajstić information content (AvgIpc) is 2.79. The van der Waals surface area contributed by atoms with Crippen molar-refractivity contribution < 1.29 is 9.90 Å². The van der Waals surface area contributed by atoms with E-state index in [4.69, 9.17) is 0 Å². The van der Waals surface area contributed by atoms with Gasteiger partial charge >= 0.3 is 5.97 Å². The van der Waals surface area contributed by atoms with Crippen LogP contribution in [0.3, 0.4) is 0 Å². The van der Waals surface area contributed by atoms with Crippen molar-refractivity contribution in [3.63, 3.8) is 0 Å². The maximum Gasteiger partial charge on any atom is 0.320 e. The van der Waals surface area contributed by atoms with Gasteiger partial charge in [0.25, 0.3) is 0 Å². The summed E-state index contributed by atoms with van der Waals surface area (Å²) in [7, 11) is 0. The molecular formula is C15H20O2S. The molecule has 1 fully saturated rings. The molecule has 0 amide bonds. The fourth-order valence-electron chi connectivity index (χ4n) is 2.45. The Kier molecular flexibility index (Phi) is 4.00. The first-order valence-electron chi connectivity index (χ1n) is 6.56. The number of rotatable bonds is 4. The Bertz CT molecular complexity index is 417. The van der Waals surface area contributed by atoms with E-state index in [-0.39, 0.29) is 0 Å². The van der Waals surface area contributed by atoms with Crippen molar-refractivity contribution in [2.45, 2.75) is 55.1 Å². The molecule has 0 bridgehead atoms. The van der Waals surface area contributed by atoms with Crippen LogP contribution in [0.5, 0.6) is 0 Å². The van der Waals surface area contributed by atoms with Crippen LogP contribution < -0.4 is 0 Å². The Morgan fingerprint density at radius 1 is 1.22 bits per heavy atom. The Morgan fingerprint density at radius 3 is 2.22 bits per heavy atom. The third-order valence-electron chi connectivity index (χ3n) is 3.66. The zero-order valence-electron chi connectivity index (χ0n) is 11.0. The normalized spacial score (nSPS) is 18.2. The van der Waals surface area contributed by atoms with Gasteiger partial charge in [-0.15, -0.1) is 11.8 Å². The number of thioether (sulfide) groups is 1. The molecule has 3 heteroatoms. The highest BCUT2D eigenvalue weighted by molar-refractivity contribution is 8.01. The van der Waals surface area contributed by atoms with Crippen LogP contribution in [0.4, 0.5) is 0 Å². The van der Waals surface area contributed by atoms with Crippen molar-refractivity contribution in [3.05, 3.63) is 29.8 Å². The van der Waals surface area contributed by atoms with Gasteiger partial charge in [-0.05, 0) is 36.5 Å². The van der Waals surface area contributed by atoms with Crippen LogP contribution in [-0.4, -0.2) is 15.8 Å². The van der Waals surface area contributed by atoms with E-state index in [0.717, 1.165) is 30.6 Å². The standard InChI is InChI=1S/C15H20O2S/c1-11(2)12-5-7-13(8-6-12)18-15(14(16)17)9-3-4-10-15/h5-8,11H,3-4,9-10H2,1-2H3,(H,16,17). The molecule has 98 valence electrons. The lowest BCUT2D eigenvalue weighted by Crippen LogP contribution is -2.31. The largest absolute Gasteiger partial charge is 0.480 e. The summed E-state index contributed by atoms with van der Waals surface area (Å²) >= 11 is 1.53. The third-order valence-corrected chi connectivity index (χ3v) is 5.14. The SMILES string of the molecule is CC(C)c1ccc(SC2(C(=O)O)CCCC2)cc1. The molecule has 1 aliphatic carbocycles. The molecule has 0 atom stereocenters. The highest BCUT2D eigenvalue weighted by atomic mass is 32.2. The summed E-state index contributed by atoms with van der Waals surface area (Å²) in [5.74, 6) is -0.137. The predicted molar refractivity (Wildman–Crippen MR) is 75.2 cm³/mol. The number of aliphatic carboxylic acids is 1. The predicted octanol–water partition coefficient (Wildman–Crippen LogP) is 4.30. The maximum absolute atomic E-state index is 11.5. The van der Waals surface area contributed by atoms with Gasteiger partial charge in [0.2, 0.25) is 0 Å². The number of hydrogen-bond acceptors (Lipinski definition) is 2. The van der Waals surface area contributed by atoms with Crippen molar-refractivity contribution in [3.8, 4) is 0 Å². The molecule has 0 radical (unpaired) electrons. The Hall–Kier alpha value is -0.960. The molecule has 1 aliphatic rings. The number of carboxylic acids is 1. The minimum absolute atomic E-state index is 0.518. The summed E-state index contributed by atoms with van der Waals surface area (Å²) < 4.78 is -0.584. The Balaban J connectivity index is 2.15. The molecule has 0 aliphatic heterocycles. The Morgan fingerprint density at radius 2 is 1.78 bits per heavy atom. The van der Waals surface area contributed by atoms with Crippen molar-refractivity contribution in [2.24, 2.45) is 0 Å². The lowest BCUT2D eigenvalue weighted by atomic mass is 10.0. The first-order valence-corrected chi connectivity index (χ1v) is 7.37. The van der Waals surface area contributed by atoms with Crippen LogP contribution in [0.2, 0.25) is 0 Å². The summed E-state index contributed by atoms with van der Waals surface area (Å²) in [6.45, 7) is 4.33. The van der Waals surface area contributed by atoms with Gasteiger partial charge in [-0.3, -0.25) is 4.79 Å². The molecule has 1 N–H and O–H groups in total. The van der Waals surface area contributed by atoms with E-state index in [0.29, 0.717) is 5.92 Å². The summed E-state index contributed by atoms with van der Waals surface area (Å²) in [5.41, 5.74) is 1.30. The van der Waals surface area contributed by atoms with Crippen molar-refractivity contribution in [1.82, 2.24) is 0 Å². The highest BCUT2D eigenvalue weighted by Gasteiger charge is 2.42. The molecule has 0 aromatic heterocycles. The number of carboxylic acid groups (broad SMARTS) is 1. The van der Waals surface area contributed by atoms with Crippen molar-refractivity contribution in [1.29, 1.82) is 0 Å².